The third-order valence-electron chi connectivity index (χ3n) is 2.67. The van der Waals surface area contributed by atoms with Crippen molar-refractivity contribution in [2.75, 3.05) is 13.6 Å². The Bertz CT molecular complexity index is 265. The Morgan fingerprint density at radius 1 is 1.50 bits per heavy atom. The maximum absolute atomic E-state index is 13.7. The highest BCUT2D eigenvalue weighted by Gasteiger charge is 2.38. The minimum Gasteiger partial charge on any atom is -0.444 e. The number of nitrogens with one attached hydrogen (secondary N) is 1. The van der Waals surface area contributed by atoms with Gasteiger partial charge in [0.1, 0.15) is 11.8 Å². The largest absolute Gasteiger partial charge is 0.444 e. The highest BCUT2D eigenvalue weighted by molar-refractivity contribution is 5.68. The van der Waals surface area contributed by atoms with Gasteiger partial charge in [0.25, 0.3) is 0 Å². The molecule has 94 valence electrons. The van der Waals surface area contributed by atoms with E-state index in [0.717, 1.165) is 0 Å². The molecule has 0 radical (unpaired) electrons. The molecule has 1 aliphatic rings. The molecule has 0 bridgehead atoms. The second kappa shape index (κ2) is 4.57. The molecule has 0 aromatic rings. The van der Waals surface area contributed by atoms with Crippen molar-refractivity contribution in [3.63, 3.8) is 0 Å². The minimum atomic E-state index is -1.04. The Balaban J connectivity index is 2.58. The number of nitrogens with zero attached hydrogens (tertiary/aromatic N) is 1. The molecule has 1 N–H and O–H groups in total. The summed E-state index contributed by atoms with van der Waals surface area (Å²) in [6.45, 7) is 7.62. The number of likely N-dealkylation sites (N-methyl/N-ethyl adjacent to an activating group) is 1. The van der Waals surface area contributed by atoms with Gasteiger partial charge in [0.2, 0.25) is 0 Å². The van der Waals surface area contributed by atoms with Crippen molar-refractivity contribution < 1.29 is 13.9 Å². The number of halogens is 1. The number of amides is 1. The molecule has 0 aromatic heterocycles. The first-order valence-corrected chi connectivity index (χ1v) is 5.55. The number of hydrogen-bond acceptors (Lipinski definition) is 3. The molecule has 1 amide bonds. The van der Waals surface area contributed by atoms with Gasteiger partial charge in [-0.1, -0.05) is 0 Å². The molecule has 1 saturated heterocycles. The van der Waals surface area contributed by atoms with Crippen LogP contribution in [0.2, 0.25) is 0 Å². The molecular weight excluding hydrogens is 211 g/mol. The lowest BCUT2D eigenvalue weighted by molar-refractivity contribution is 0.0174. The van der Waals surface area contributed by atoms with E-state index in [1.807, 2.05) is 0 Å². The van der Waals surface area contributed by atoms with Gasteiger partial charge in [0, 0.05) is 19.6 Å². The first-order valence-electron chi connectivity index (χ1n) is 5.55. The number of hydrogen-bond donors (Lipinski definition) is 1. The van der Waals surface area contributed by atoms with Crippen molar-refractivity contribution in [3.05, 3.63) is 0 Å². The highest BCUT2D eigenvalue weighted by atomic mass is 19.1. The van der Waals surface area contributed by atoms with E-state index in [1.165, 1.54) is 4.90 Å². The Kier molecular flexibility index (Phi) is 3.78. The first kappa shape index (κ1) is 13.2. The summed E-state index contributed by atoms with van der Waals surface area (Å²) in [7, 11) is 1.57. The van der Waals surface area contributed by atoms with Crippen LogP contribution < -0.4 is 5.32 Å². The second-order valence-electron chi connectivity index (χ2n) is 5.30. The summed E-state index contributed by atoms with van der Waals surface area (Å²) < 4.78 is 18.9. The smallest absolute Gasteiger partial charge is 0.410 e. The van der Waals surface area contributed by atoms with E-state index in [2.05, 4.69) is 5.32 Å². The summed E-state index contributed by atoms with van der Waals surface area (Å²) in [5.74, 6) is 0. The maximum atomic E-state index is 13.7. The molecule has 0 aliphatic carbocycles. The zero-order valence-electron chi connectivity index (χ0n) is 10.6. The average molecular weight is 232 g/mol. The fourth-order valence-corrected chi connectivity index (χ4v) is 1.68. The Morgan fingerprint density at radius 2 is 2.06 bits per heavy atom. The van der Waals surface area contributed by atoms with Gasteiger partial charge in [0.15, 0.2) is 0 Å². The Hall–Kier alpha value is -0.840. The van der Waals surface area contributed by atoms with Gasteiger partial charge < -0.3 is 15.0 Å². The summed E-state index contributed by atoms with van der Waals surface area (Å²) in [5.41, 5.74) is -0.547. The monoisotopic (exact) mass is 232 g/mol. The zero-order valence-corrected chi connectivity index (χ0v) is 10.6. The van der Waals surface area contributed by atoms with Crippen LogP contribution in [0.15, 0.2) is 0 Å². The SMILES string of the molecule is C[C@H]1NC[C@@H](N(C)C(=O)OC(C)(C)C)C1F. The quantitative estimate of drug-likeness (QED) is 0.746. The number of carbonyl (C=O) groups excluding carboxylic acids is 1. The van der Waals surface area contributed by atoms with Crippen molar-refractivity contribution in [1.29, 1.82) is 0 Å². The van der Waals surface area contributed by atoms with E-state index in [1.54, 1.807) is 34.7 Å². The molecule has 1 heterocycles. The van der Waals surface area contributed by atoms with Gasteiger partial charge >= 0.3 is 6.09 Å². The van der Waals surface area contributed by atoms with Crippen LogP contribution in [0.5, 0.6) is 0 Å². The number of rotatable bonds is 1. The Labute approximate surface area is 96.1 Å². The second-order valence-corrected chi connectivity index (χ2v) is 5.30. The van der Waals surface area contributed by atoms with Crippen LogP contribution >= 0.6 is 0 Å². The molecule has 3 atom stereocenters. The molecule has 1 fully saturated rings. The van der Waals surface area contributed by atoms with Crippen LogP contribution in [-0.4, -0.2) is 48.4 Å². The van der Waals surface area contributed by atoms with Crippen molar-refractivity contribution in [3.8, 4) is 0 Å². The Morgan fingerprint density at radius 3 is 2.44 bits per heavy atom. The van der Waals surface area contributed by atoms with Crippen molar-refractivity contribution in [2.45, 2.75) is 51.6 Å². The number of carbonyl (C=O) groups is 1. The molecule has 0 spiro atoms. The van der Waals surface area contributed by atoms with E-state index in [-0.39, 0.29) is 6.04 Å². The normalized spacial score (nSPS) is 30.2. The van der Waals surface area contributed by atoms with Crippen molar-refractivity contribution >= 4 is 6.09 Å². The fourth-order valence-electron chi connectivity index (χ4n) is 1.68. The summed E-state index contributed by atoms with van der Waals surface area (Å²) in [6.07, 6.45) is -1.52. The molecule has 0 aromatic carbocycles. The van der Waals surface area contributed by atoms with Crippen molar-refractivity contribution in [1.82, 2.24) is 10.2 Å². The lowest BCUT2D eigenvalue weighted by Crippen LogP contribution is -2.45. The number of alkyl halides is 1. The lowest BCUT2D eigenvalue weighted by atomic mass is 10.1. The van der Waals surface area contributed by atoms with E-state index in [0.29, 0.717) is 6.54 Å². The molecule has 5 heteroatoms. The fraction of sp³-hybridized carbons (Fsp3) is 0.909. The summed E-state index contributed by atoms with van der Waals surface area (Å²) in [6, 6.07) is -0.653. The van der Waals surface area contributed by atoms with E-state index in [4.69, 9.17) is 4.74 Å². The van der Waals surface area contributed by atoms with Crippen LogP contribution in [0.3, 0.4) is 0 Å². The molecule has 1 aliphatic heterocycles. The van der Waals surface area contributed by atoms with Crippen LogP contribution in [0.4, 0.5) is 9.18 Å². The van der Waals surface area contributed by atoms with E-state index in [9.17, 15) is 9.18 Å². The third kappa shape index (κ3) is 3.07. The highest BCUT2D eigenvalue weighted by Crippen LogP contribution is 2.19. The predicted octanol–water partition coefficient (Wildman–Crippen LogP) is 1.55. The van der Waals surface area contributed by atoms with Crippen molar-refractivity contribution in [2.24, 2.45) is 0 Å². The van der Waals surface area contributed by atoms with Gasteiger partial charge in [0.05, 0.1) is 6.04 Å². The predicted molar refractivity (Wildman–Crippen MR) is 60.1 cm³/mol. The van der Waals surface area contributed by atoms with Crippen LogP contribution in [0.25, 0.3) is 0 Å². The number of ether oxygens (including phenoxy) is 1. The van der Waals surface area contributed by atoms with Crippen LogP contribution in [-0.2, 0) is 4.74 Å². The maximum Gasteiger partial charge on any atom is 0.410 e. The van der Waals surface area contributed by atoms with Gasteiger partial charge in [-0.05, 0) is 27.7 Å². The molecule has 1 unspecified atom stereocenters. The summed E-state index contributed by atoms with van der Waals surface area (Å²) >= 11 is 0. The molecule has 0 saturated carbocycles. The standard InChI is InChI=1S/C11H21FN2O2/c1-7-9(12)8(6-13-7)14(5)10(15)16-11(2,3)4/h7-9,13H,6H2,1-5H3/t7-,8-,9?/m1/s1. The molecular formula is C11H21FN2O2. The van der Waals surface area contributed by atoms with Crippen LogP contribution in [0, 0.1) is 0 Å². The lowest BCUT2D eigenvalue weighted by Gasteiger charge is -2.29. The van der Waals surface area contributed by atoms with Gasteiger partial charge in [-0.15, -0.1) is 0 Å². The minimum absolute atomic E-state index is 0.213. The zero-order chi connectivity index (χ0) is 12.5. The molecule has 16 heavy (non-hydrogen) atoms. The van der Waals surface area contributed by atoms with Crippen LogP contribution in [0.1, 0.15) is 27.7 Å². The summed E-state index contributed by atoms with van der Waals surface area (Å²) in [4.78, 5) is 13.0. The average Bonchev–Trinajstić information content (AvgIpc) is 2.44. The first-order chi connectivity index (χ1) is 7.22. The van der Waals surface area contributed by atoms with Gasteiger partial charge in [-0.2, -0.15) is 0 Å². The van der Waals surface area contributed by atoms with E-state index >= 15 is 0 Å². The summed E-state index contributed by atoms with van der Waals surface area (Å²) in [5, 5.41) is 2.99. The topological polar surface area (TPSA) is 41.6 Å². The third-order valence-corrected chi connectivity index (χ3v) is 2.67. The molecule has 4 nitrogen and oxygen atoms in total. The molecule has 1 rings (SSSR count). The van der Waals surface area contributed by atoms with Gasteiger partial charge in [-0.25, -0.2) is 9.18 Å². The van der Waals surface area contributed by atoms with E-state index < -0.39 is 23.9 Å². The van der Waals surface area contributed by atoms with Gasteiger partial charge in [-0.3, -0.25) is 0 Å².